The van der Waals surface area contributed by atoms with Crippen molar-refractivity contribution in [2.24, 2.45) is 17.1 Å². The Labute approximate surface area is 142 Å². The summed E-state index contributed by atoms with van der Waals surface area (Å²) in [6.07, 6.45) is 8.58. The van der Waals surface area contributed by atoms with Gasteiger partial charge >= 0.3 is 51.4 Å². The van der Waals surface area contributed by atoms with Gasteiger partial charge in [0, 0.05) is 6.04 Å². The van der Waals surface area contributed by atoms with Crippen LogP contribution in [0.3, 0.4) is 0 Å². The molecule has 3 rings (SSSR count). The summed E-state index contributed by atoms with van der Waals surface area (Å²) in [7, 11) is 2.25. The van der Waals surface area contributed by atoms with E-state index in [0.29, 0.717) is 5.41 Å². The molecule has 0 aromatic carbocycles. The number of allylic oxidation sites excluding steroid dienone is 2. The molecule has 3 heteroatoms. The van der Waals surface area contributed by atoms with Gasteiger partial charge in [-0.1, -0.05) is 26.7 Å². The van der Waals surface area contributed by atoms with Gasteiger partial charge in [0.1, 0.15) is 0 Å². The Morgan fingerprint density at radius 2 is 2.06 bits per heavy atom. The summed E-state index contributed by atoms with van der Waals surface area (Å²) in [5.41, 5.74) is 7.27. The zero-order valence-corrected chi connectivity index (χ0v) is 14.3. The van der Waals surface area contributed by atoms with Crippen molar-refractivity contribution in [2.75, 3.05) is 13.6 Å². The van der Waals surface area contributed by atoms with Crippen molar-refractivity contribution in [3.63, 3.8) is 0 Å². The van der Waals surface area contributed by atoms with Crippen LogP contribution in [0.4, 0.5) is 0 Å². The minimum atomic E-state index is 0. The first-order chi connectivity index (χ1) is 7.21. The molecule has 1 saturated carbocycles. The molecule has 0 aromatic rings. The second-order valence-corrected chi connectivity index (χ2v) is 4.95. The van der Waals surface area contributed by atoms with Gasteiger partial charge in [0.05, 0.1) is 0 Å². The zero-order valence-electron chi connectivity index (χ0n) is 11.2. The minimum Gasteiger partial charge on any atom is -0.470 e. The van der Waals surface area contributed by atoms with Gasteiger partial charge < -0.3 is 16.7 Å². The molecular formula is C13H23KN2. The van der Waals surface area contributed by atoms with Gasteiger partial charge in [0.25, 0.3) is 0 Å². The van der Waals surface area contributed by atoms with Crippen molar-refractivity contribution in [3.05, 3.63) is 11.8 Å². The van der Waals surface area contributed by atoms with Gasteiger partial charge in [-0.3, -0.25) is 0 Å². The molecule has 1 heterocycles. The van der Waals surface area contributed by atoms with E-state index in [1.165, 1.54) is 25.8 Å². The topological polar surface area (TPSA) is 29.3 Å². The maximum absolute atomic E-state index is 5.85. The van der Waals surface area contributed by atoms with Crippen molar-refractivity contribution >= 4 is 0 Å². The average molecular weight is 246 g/mol. The Bertz CT molecular complexity index is 277. The number of hydrogen-bond acceptors (Lipinski definition) is 2. The summed E-state index contributed by atoms with van der Waals surface area (Å²) >= 11 is 0. The number of rotatable bonds is 0. The van der Waals surface area contributed by atoms with Crippen molar-refractivity contribution < 1.29 is 51.4 Å². The van der Waals surface area contributed by atoms with Crippen LogP contribution in [0.15, 0.2) is 5.70 Å². The van der Waals surface area contributed by atoms with Crippen LogP contribution in [-0.4, -0.2) is 24.5 Å². The van der Waals surface area contributed by atoms with E-state index >= 15 is 0 Å². The third kappa shape index (κ3) is 2.60. The number of hydrogen-bond donors (Lipinski definition) is 1. The molecule has 2 nitrogen and oxygen atoms in total. The number of likely N-dealkylation sites (tertiary alicyclic amines) is 1. The summed E-state index contributed by atoms with van der Waals surface area (Å²) in [6.45, 7) is 5.24. The van der Waals surface area contributed by atoms with Crippen LogP contribution >= 0.6 is 0 Å². The van der Waals surface area contributed by atoms with Crippen molar-refractivity contribution in [2.45, 2.75) is 45.6 Å². The number of piperidine rings is 1. The van der Waals surface area contributed by atoms with E-state index in [-0.39, 0.29) is 51.4 Å². The monoisotopic (exact) mass is 246 g/mol. The quantitative estimate of drug-likeness (QED) is 0.446. The fourth-order valence-corrected chi connectivity index (χ4v) is 3.26. The Kier molecular flexibility index (Phi) is 5.56. The Balaban J connectivity index is 0.000000406. The molecule has 0 bridgehead atoms. The van der Waals surface area contributed by atoms with E-state index in [4.69, 9.17) is 5.73 Å². The van der Waals surface area contributed by atoms with Crippen LogP contribution in [-0.2, 0) is 0 Å². The first-order valence-corrected chi connectivity index (χ1v) is 6.31. The molecule has 1 spiro atoms. The summed E-state index contributed by atoms with van der Waals surface area (Å²) in [4.78, 5) is 2.51. The Morgan fingerprint density at radius 3 is 2.62 bits per heavy atom. The number of nitrogens with zero attached hydrogens (tertiary/aromatic N) is 1. The normalized spacial score (nSPS) is 40.3. The van der Waals surface area contributed by atoms with E-state index < -0.39 is 0 Å². The molecule has 2 N–H and O–H groups in total. The predicted molar refractivity (Wildman–Crippen MR) is 63.1 cm³/mol. The molecule has 16 heavy (non-hydrogen) atoms. The molecule has 3 aliphatic rings. The van der Waals surface area contributed by atoms with Gasteiger partial charge in [-0.25, -0.2) is 0 Å². The standard InChI is InChI=1S/C11H17N2.C2H6.K/c1-13-5-4-11(9-6-10(9)13)3-2-8(12)7-11;1-2;/h9-10H,2-6,12H2,1H3;1-2H3;/q-1;;+1. The van der Waals surface area contributed by atoms with Gasteiger partial charge in [0.2, 0.25) is 0 Å². The van der Waals surface area contributed by atoms with E-state index in [2.05, 4.69) is 18.0 Å². The van der Waals surface area contributed by atoms with Crippen LogP contribution in [0.1, 0.15) is 39.5 Å². The van der Waals surface area contributed by atoms with Crippen molar-refractivity contribution in [3.8, 4) is 0 Å². The van der Waals surface area contributed by atoms with Crippen molar-refractivity contribution in [1.82, 2.24) is 4.90 Å². The number of fused-ring (bicyclic) bond motifs is 2. The number of nitrogens with two attached hydrogens (primary N) is 1. The molecule has 2 aliphatic carbocycles. The molecule has 0 aromatic heterocycles. The summed E-state index contributed by atoms with van der Waals surface area (Å²) in [5, 5.41) is 0. The van der Waals surface area contributed by atoms with Crippen LogP contribution in [0.5, 0.6) is 0 Å². The molecule has 2 fully saturated rings. The predicted octanol–water partition coefficient (Wildman–Crippen LogP) is -0.833. The second kappa shape index (κ2) is 5.85. The van der Waals surface area contributed by atoms with E-state index in [0.717, 1.165) is 24.1 Å². The largest absolute Gasteiger partial charge is 1.00 e. The third-order valence-electron chi connectivity index (χ3n) is 4.19. The van der Waals surface area contributed by atoms with Crippen LogP contribution in [0.2, 0.25) is 0 Å². The minimum absolute atomic E-state index is 0. The van der Waals surface area contributed by atoms with E-state index in [1.807, 2.05) is 13.8 Å². The van der Waals surface area contributed by atoms with Crippen LogP contribution in [0, 0.1) is 17.4 Å². The maximum atomic E-state index is 5.85. The SMILES string of the molecule is CC.CN1CCC2([C-]=C(N)CC2)C2CC21.[K+]. The van der Waals surface area contributed by atoms with Gasteiger partial charge in [-0.15, -0.1) is 0 Å². The summed E-state index contributed by atoms with van der Waals surface area (Å²) in [5.74, 6) is 0.882. The van der Waals surface area contributed by atoms with Crippen LogP contribution < -0.4 is 57.1 Å². The van der Waals surface area contributed by atoms with Crippen LogP contribution in [0.25, 0.3) is 0 Å². The Morgan fingerprint density at radius 1 is 1.38 bits per heavy atom. The first kappa shape index (κ1) is 15.2. The van der Waals surface area contributed by atoms with Crippen molar-refractivity contribution in [1.29, 1.82) is 0 Å². The fraction of sp³-hybridized carbons (Fsp3) is 0.846. The van der Waals surface area contributed by atoms with Gasteiger partial charge in [0.15, 0.2) is 0 Å². The average Bonchev–Trinajstić information content (AvgIpc) is 2.99. The molecule has 1 aliphatic heterocycles. The Hall–Kier alpha value is 1.14. The molecule has 0 radical (unpaired) electrons. The molecule has 86 valence electrons. The van der Waals surface area contributed by atoms with E-state index in [1.54, 1.807) is 0 Å². The molecule has 0 amide bonds. The van der Waals surface area contributed by atoms with Gasteiger partial charge in [-0.05, 0) is 32.4 Å². The third-order valence-corrected chi connectivity index (χ3v) is 4.19. The molecule has 3 atom stereocenters. The molecule has 1 saturated heterocycles. The maximum Gasteiger partial charge on any atom is 1.00 e. The zero-order chi connectivity index (χ0) is 11.1. The smallest absolute Gasteiger partial charge is 0.470 e. The summed E-state index contributed by atoms with van der Waals surface area (Å²) < 4.78 is 0. The fourth-order valence-electron chi connectivity index (χ4n) is 3.26. The summed E-state index contributed by atoms with van der Waals surface area (Å²) in [6, 6.07) is 0.854. The molecular weight excluding hydrogens is 223 g/mol. The van der Waals surface area contributed by atoms with E-state index in [9.17, 15) is 0 Å². The van der Waals surface area contributed by atoms with Gasteiger partial charge in [-0.2, -0.15) is 11.1 Å². The second-order valence-electron chi connectivity index (χ2n) is 4.95. The molecule has 3 unspecified atom stereocenters. The first-order valence-electron chi connectivity index (χ1n) is 6.31.